The number of hydrogen-bond acceptors (Lipinski definition) is 5. The molecule has 0 spiro atoms. The summed E-state index contributed by atoms with van der Waals surface area (Å²) in [5.74, 6) is 0.473. The fraction of sp³-hybridized carbons (Fsp3) is 0.261. The van der Waals surface area contributed by atoms with Gasteiger partial charge in [-0.1, -0.05) is 29.0 Å². The van der Waals surface area contributed by atoms with Crippen LogP contribution in [0.15, 0.2) is 55.1 Å². The Morgan fingerprint density at radius 1 is 1.22 bits per heavy atom. The van der Waals surface area contributed by atoms with Crippen LogP contribution in [-0.2, 0) is 11.3 Å². The molecule has 0 unspecified atom stereocenters. The fourth-order valence-corrected chi connectivity index (χ4v) is 4.58. The van der Waals surface area contributed by atoms with Gasteiger partial charge in [0.05, 0.1) is 16.5 Å². The lowest BCUT2D eigenvalue weighted by Crippen LogP contribution is -2.36. The summed E-state index contributed by atoms with van der Waals surface area (Å²) >= 11 is 7.47. The van der Waals surface area contributed by atoms with E-state index >= 15 is 0 Å². The number of aromatic nitrogens is 3. The Hall–Kier alpha value is -2.61. The Morgan fingerprint density at radius 3 is 2.72 bits per heavy atom. The molecule has 0 saturated heterocycles. The van der Waals surface area contributed by atoms with Crippen LogP contribution in [0, 0.1) is 13.8 Å². The van der Waals surface area contributed by atoms with Crippen molar-refractivity contribution in [2.24, 2.45) is 0 Å². The highest BCUT2D eigenvalue weighted by Gasteiger charge is 2.21. The van der Waals surface area contributed by atoms with Crippen LogP contribution in [0.1, 0.15) is 17.5 Å². The van der Waals surface area contributed by atoms with Crippen molar-refractivity contribution in [2.75, 3.05) is 18.1 Å². The summed E-state index contributed by atoms with van der Waals surface area (Å²) in [5, 5.41) is 1.32. The predicted molar refractivity (Wildman–Crippen MR) is 132 cm³/mol. The van der Waals surface area contributed by atoms with Crippen LogP contribution in [0.2, 0.25) is 5.02 Å². The first-order chi connectivity index (χ1) is 15.0. The van der Waals surface area contributed by atoms with Crippen molar-refractivity contribution in [1.29, 1.82) is 0 Å². The van der Waals surface area contributed by atoms with E-state index in [0.717, 1.165) is 28.7 Å². The Balaban J connectivity index is 0.00000289. The van der Waals surface area contributed by atoms with Gasteiger partial charge in [0.2, 0.25) is 0 Å². The topological polar surface area (TPSA) is 60.2 Å². The third-order valence-electron chi connectivity index (χ3n) is 4.87. The first-order valence-electron chi connectivity index (χ1n) is 10.0. The number of ether oxygens (including phenoxy) is 1. The smallest absolute Gasteiger partial charge is 0.266 e. The van der Waals surface area contributed by atoms with Gasteiger partial charge in [0.25, 0.3) is 5.91 Å². The highest BCUT2D eigenvalue weighted by Crippen LogP contribution is 2.32. The molecule has 4 rings (SSSR count). The number of fused-ring (bicyclic) bond motifs is 1. The van der Waals surface area contributed by atoms with Crippen molar-refractivity contribution in [3.63, 3.8) is 0 Å². The Kier molecular flexibility index (Phi) is 8.12. The molecule has 168 valence electrons. The van der Waals surface area contributed by atoms with E-state index in [2.05, 4.69) is 31.0 Å². The molecule has 0 aliphatic rings. The van der Waals surface area contributed by atoms with Gasteiger partial charge < -0.3 is 9.30 Å². The van der Waals surface area contributed by atoms with Gasteiger partial charge in [0.15, 0.2) is 11.7 Å². The van der Waals surface area contributed by atoms with Crippen molar-refractivity contribution < 1.29 is 9.53 Å². The first-order valence-corrected chi connectivity index (χ1v) is 11.2. The number of thiazole rings is 1. The molecular weight excluding hydrogens is 467 g/mol. The Morgan fingerprint density at radius 2 is 2.00 bits per heavy atom. The van der Waals surface area contributed by atoms with Gasteiger partial charge in [-0.3, -0.25) is 9.69 Å². The second kappa shape index (κ2) is 10.8. The molecule has 0 atom stereocenters. The van der Waals surface area contributed by atoms with E-state index in [0.29, 0.717) is 22.4 Å². The maximum atomic E-state index is 13.1. The maximum Gasteiger partial charge on any atom is 0.266 e. The second-order valence-corrected chi connectivity index (χ2v) is 8.78. The monoisotopic (exact) mass is 490 g/mol. The van der Waals surface area contributed by atoms with Crippen LogP contribution in [0.5, 0.6) is 5.75 Å². The van der Waals surface area contributed by atoms with E-state index in [9.17, 15) is 4.79 Å². The average Bonchev–Trinajstić information content (AvgIpc) is 3.40. The van der Waals surface area contributed by atoms with Crippen molar-refractivity contribution in [1.82, 2.24) is 14.5 Å². The number of rotatable bonds is 8. The zero-order valence-electron chi connectivity index (χ0n) is 17.8. The molecule has 9 heteroatoms. The van der Waals surface area contributed by atoms with Crippen LogP contribution < -0.4 is 9.64 Å². The molecule has 32 heavy (non-hydrogen) atoms. The second-order valence-electron chi connectivity index (χ2n) is 7.37. The molecule has 0 saturated carbocycles. The van der Waals surface area contributed by atoms with Crippen molar-refractivity contribution >= 4 is 56.6 Å². The molecule has 6 nitrogen and oxygen atoms in total. The molecular formula is C23H24Cl2N4O2S. The Labute approximate surface area is 202 Å². The molecule has 0 N–H and O–H groups in total. The molecule has 0 radical (unpaired) electrons. The minimum atomic E-state index is -0.131. The number of carbonyl (C=O) groups is 1. The third-order valence-corrected chi connectivity index (χ3v) is 6.36. The molecule has 1 amide bonds. The van der Waals surface area contributed by atoms with Crippen LogP contribution in [0.3, 0.4) is 0 Å². The fourth-order valence-electron chi connectivity index (χ4n) is 3.39. The van der Waals surface area contributed by atoms with E-state index in [1.165, 1.54) is 5.56 Å². The number of amides is 1. The number of hydrogen-bond donors (Lipinski definition) is 0. The van der Waals surface area contributed by atoms with Crippen LogP contribution >= 0.6 is 35.3 Å². The summed E-state index contributed by atoms with van der Waals surface area (Å²) in [5.41, 5.74) is 3.25. The average molecular weight is 491 g/mol. The number of carbonyl (C=O) groups excluding carboxylic acids is 1. The van der Waals surface area contributed by atoms with Gasteiger partial charge in [-0.25, -0.2) is 9.97 Å². The number of anilines is 1. The minimum absolute atomic E-state index is 0. The van der Waals surface area contributed by atoms with Gasteiger partial charge in [-0.15, -0.1) is 12.4 Å². The van der Waals surface area contributed by atoms with Crippen molar-refractivity contribution in [2.45, 2.75) is 26.8 Å². The predicted octanol–water partition coefficient (Wildman–Crippen LogP) is 5.69. The summed E-state index contributed by atoms with van der Waals surface area (Å²) in [7, 11) is 0. The van der Waals surface area contributed by atoms with Gasteiger partial charge >= 0.3 is 0 Å². The molecule has 4 aromatic rings. The lowest BCUT2D eigenvalue weighted by molar-refractivity contribution is -0.120. The van der Waals surface area contributed by atoms with Gasteiger partial charge in [-0.2, -0.15) is 0 Å². The van der Waals surface area contributed by atoms with E-state index in [4.69, 9.17) is 21.3 Å². The normalized spacial score (nSPS) is 10.7. The maximum absolute atomic E-state index is 13.1. The van der Waals surface area contributed by atoms with Gasteiger partial charge in [-0.05, 0) is 61.7 Å². The van der Waals surface area contributed by atoms with E-state index in [1.807, 2.05) is 10.8 Å². The van der Waals surface area contributed by atoms with Crippen molar-refractivity contribution in [3.8, 4) is 5.75 Å². The molecule has 2 aromatic heterocycles. The highest BCUT2D eigenvalue weighted by molar-refractivity contribution is 7.22. The number of imidazole rings is 1. The summed E-state index contributed by atoms with van der Waals surface area (Å²) in [4.78, 5) is 23.7. The molecule has 0 aliphatic carbocycles. The van der Waals surface area contributed by atoms with Crippen LogP contribution in [0.4, 0.5) is 5.13 Å². The minimum Gasteiger partial charge on any atom is -0.484 e. The number of halogens is 2. The zero-order chi connectivity index (χ0) is 21.8. The SMILES string of the molecule is Cc1cc(C)c2sc(N(CCCn3ccnc3)C(=O)COc3ccc(Cl)cc3)nc2c1.Cl. The number of benzene rings is 2. The first kappa shape index (κ1) is 24.0. The standard InChI is InChI=1S/C23H23ClN4O2S.ClH/c1-16-12-17(2)22-20(13-16)26-23(31-22)28(10-3-9-27-11-8-25-15-27)21(29)14-30-19-6-4-18(24)5-7-19;/h4-8,11-13,15H,3,9-10,14H2,1-2H3;1H. The number of nitrogens with zero attached hydrogens (tertiary/aromatic N) is 4. The van der Waals surface area contributed by atoms with Gasteiger partial charge in [0.1, 0.15) is 5.75 Å². The summed E-state index contributed by atoms with van der Waals surface area (Å²) in [6, 6.07) is 11.2. The third kappa shape index (κ3) is 5.79. The molecule has 0 fully saturated rings. The Bertz CT molecular complexity index is 1180. The van der Waals surface area contributed by atoms with Gasteiger partial charge in [0, 0.05) is 30.5 Å². The molecule has 2 aromatic carbocycles. The highest BCUT2D eigenvalue weighted by atomic mass is 35.5. The summed E-state index contributed by atoms with van der Waals surface area (Å²) in [6.07, 6.45) is 6.22. The molecule has 0 aliphatic heterocycles. The zero-order valence-corrected chi connectivity index (χ0v) is 20.2. The largest absolute Gasteiger partial charge is 0.484 e. The number of aryl methyl sites for hydroxylation is 3. The lowest BCUT2D eigenvalue weighted by Gasteiger charge is -2.20. The van der Waals surface area contributed by atoms with E-state index in [-0.39, 0.29) is 24.9 Å². The van der Waals surface area contributed by atoms with Crippen LogP contribution in [-0.4, -0.2) is 33.6 Å². The molecule has 2 heterocycles. The van der Waals surface area contributed by atoms with E-state index < -0.39 is 0 Å². The summed E-state index contributed by atoms with van der Waals surface area (Å²) < 4.78 is 8.81. The van der Waals surface area contributed by atoms with E-state index in [1.54, 1.807) is 53.0 Å². The molecule has 0 bridgehead atoms. The van der Waals surface area contributed by atoms with Crippen LogP contribution in [0.25, 0.3) is 10.2 Å². The van der Waals surface area contributed by atoms with Crippen molar-refractivity contribution in [3.05, 3.63) is 71.3 Å². The quantitative estimate of drug-likeness (QED) is 0.318. The lowest BCUT2D eigenvalue weighted by atomic mass is 10.1. The summed E-state index contributed by atoms with van der Waals surface area (Å²) in [6.45, 7) is 5.37.